The van der Waals surface area contributed by atoms with Gasteiger partial charge < -0.3 is 10.1 Å². The highest BCUT2D eigenvalue weighted by Gasteiger charge is 2.59. The summed E-state index contributed by atoms with van der Waals surface area (Å²) in [7, 11) is 0. The van der Waals surface area contributed by atoms with Crippen LogP contribution in [-0.2, 0) is 10.9 Å². The first-order valence-corrected chi connectivity index (χ1v) is 7.75. The molecule has 1 saturated heterocycles. The monoisotopic (exact) mass is 363 g/mol. The van der Waals surface area contributed by atoms with Crippen LogP contribution in [0.15, 0.2) is 22.7 Å². The summed E-state index contributed by atoms with van der Waals surface area (Å²) in [4.78, 5) is 0. The van der Waals surface area contributed by atoms with Crippen molar-refractivity contribution in [1.82, 2.24) is 0 Å². The predicted molar refractivity (Wildman–Crippen MR) is 78.2 cm³/mol. The van der Waals surface area contributed by atoms with Crippen LogP contribution in [0.1, 0.15) is 25.8 Å². The van der Waals surface area contributed by atoms with E-state index in [1.165, 1.54) is 12.1 Å². The number of ether oxygens (including phenoxy) is 1. The van der Waals surface area contributed by atoms with E-state index in [0.29, 0.717) is 11.6 Å². The highest BCUT2D eigenvalue weighted by atomic mass is 79.9. The van der Waals surface area contributed by atoms with Gasteiger partial charge >= 0.3 is 6.18 Å². The number of halogens is 4. The fourth-order valence-electron chi connectivity index (χ4n) is 3.63. The molecule has 0 radical (unpaired) electrons. The summed E-state index contributed by atoms with van der Waals surface area (Å²) < 4.78 is 44.6. The lowest BCUT2D eigenvalue weighted by Crippen LogP contribution is -2.63. The third kappa shape index (κ3) is 2.46. The second kappa shape index (κ2) is 4.88. The van der Waals surface area contributed by atoms with Gasteiger partial charge in [-0.15, -0.1) is 0 Å². The molecule has 2 fully saturated rings. The number of benzene rings is 1. The van der Waals surface area contributed by atoms with Gasteiger partial charge in [0.25, 0.3) is 0 Å². The number of alkyl halides is 3. The van der Waals surface area contributed by atoms with Crippen LogP contribution in [0.3, 0.4) is 0 Å². The number of anilines is 1. The largest absolute Gasteiger partial charge is 0.417 e. The summed E-state index contributed by atoms with van der Waals surface area (Å²) in [5.41, 5.74) is -0.204. The fourth-order valence-corrected chi connectivity index (χ4v) is 4.10. The van der Waals surface area contributed by atoms with Gasteiger partial charge in [-0.1, -0.05) is 29.8 Å². The second-order valence-corrected chi connectivity index (χ2v) is 7.23. The molecule has 2 aliphatic rings. The molecule has 0 amide bonds. The lowest BCUT2D eigenvalue weighted by molar-refractivity contribution is -0.138. The average Bonchev–Trinajstić information content (AvgIpc) is 2.83. The van der Waals surface area contributed by atoms with Gasteiger partial charge in [-0.3, -0.25) is 0 Å². The SMILES string of the molecule is CC1(C)C(Nc2ccc(Br)c(C(F)(F)F)c2)C2CCOC21. The number of hydrogen-bond donors (Lipinski definition) is 1. The van der Waals surface area contributed by atoms with Gasteiger partial charge in [-0.2, -0.15) is 13.2 Å². The third-order valence-electron chi connectivity index (χ3n) is 4.69. The van der Waals surface area contributed by atoms with Gasteiger partial charge in [0.2, 0.25) is 0 Å². The maximum atomic E-state index is 13.0. The zero-order valence-electron chi connectivity index (χ0n) is 11.8. The minimum absolute atomic E-state index is 0.0629. The fraction of sp³-hybridized carbons (Fsp3) is 0.600. The van der Waals surface area contributed by atoms with Gasteiger partial charge in [0.05, 0.1) is 11.7 Å². The van der Waals surface area contributed by atoms with Gasteiger partial charge in [-0.25, -0.2) is 0 Å². The van der Waals surface area contributed by atoms with E-state index in [-0.39, 0.29) is 22.0 Å². The van der Waals surface area contributed by atoms with E-state index in [4.69, 9.17) is 4.74 Å². The summed E-state index contributed by atoms with van der Waals surface area (Å²) in [6.07, 6.45) is -3.17. The maximum absolute atomic E-state index is 13.0. The van der Waals surface area contributed by atoms with E-state index in [1.54, 1.807) is 6.07 Å². The molecule has 6 heteroatoms. The number of hydrogen-bond acceptors (Lipinski definition) is 2. The van der Waals surface area contributed by atoms with Crippen molar-refractivity contribution in [3.63, 3.8) is 0 Å². The van der Waals surface area contributed by atoms with Crippen molar-refractivity contribution in [3.8, 4) is 0 Å². The van der Waals surface area contributed by atoms with E-state index in [0.717, 1.165) is 13.0 Å². The topological polar surface area (TPSA) is 21.3 Å². The Balaban J connectivity index is 1.83. The van der Waals surface area contributed by atoms with E-state index in [1.807, 2.05) is 0 Å². The van der Waals surface area contributed by atoms with Crippen molar-refractivity contribution in [2.24, 2.45) is 11.3 Å². The molecule has 0 bridgehead atoms. The molecule has 1 aliphatic carbocycles. The van der Waals surface area contributed by atoms with E-state index in [2.05, 4.69) is 35.1 Å². The Hall–Kier alpha value is -0.750. The normalized spacial score (nSPS) is 30.7. The molecule has 1 heterocycles. The van der Waals surface area contributed by atoms with Crippen molar-refractivity contribution in [2.45, 2.75) is 38.6 Å². The molecule has 2 nitrogen and oxygen atoms in total. The summed E-state index contributed by atoms with van der Waals surface area (Å²) >= 11 is 2.96. The van der Waals surface area contributed by atoms with Crippen molar-refractivity contribution in [2.75, 3.05) is 11.9 Å². The van der Waals surface area contributed by atoms with Crippen LogP contribution in [0.5, 0.6) is 0 Å². The Labute approximate surface area is 130 Å². The predicted octanol–water partition coefficient (Wildman–Crippen LogP) is 4.69. The van der Waals surface area contributed by atoms with E-state index < -0.39 is 11.7 Å². The van der Waals surface area contributed by atoms with Crippen molar-refractivity contribution in [3.05, 3.63) is 28.2 Å². The van der Waals surface area contributed by atoms with Crippen molar-refractivity contribution in [1.29, 1.82) is 0 Å². The summed E-state index contributed by atoms with van der Waals surface area (Å²) in [5, 5.41) is 3.28. The second-order valence-electron chi connectivity index (χ2n) is 6.38. The van der Waals surface area contributed by atoms with Crippen LogP contribution in [0.2, 0.25) is 0 Å². The van der Waals surface area contributed by atoms with Crippen LogP contribution in [0.25, 0.3) is 0 Å². The van der Waals surface area contributed by atoms with Gasteiger partial charge in [0, 0.05) is 34.1 Å². The quantitative estimate of drug-likeness (QED) is 0.822. The van der Waals surface area contributed by atoms with Crippen LogP contribution in [-0.4, -0.2) is 18.8 Å². The summed E-state index contributed by atoms with van der Waals surface area (Å²) in [5.74, 6) is 0.387. The molecule has 116 valence electrons. The Bertz CT molecular complexity index is 558. The smallest absolute Gasteiger partial charge is 0.381 e. The molecular weight excluding hydrogens is 347 g/mol. The summed E-state index contributed by atoms with van der Waals surface area (Å²) in [6.45, 7) is 4.94. The first-order chi connectivity index (χ1) is 9.71. The molecule has 3 unspecified atom stereocenters. The molecule has 0 spiro atoms. The molecule has 1 aromatic carbocycles. The summed E-state index contributed by atoms with van der Waals surface area (Å²) in [6, 6.07) is 4.44. The molecule has 1 N–H and O–H groups in total. The minimum Gasteiger partial charge on any atom is -0.381 e. The molecule has 21 heavy (non-hydrogen) atoms. The Kier molecular flexibility index (Phi) is 3.52. The van der Waals surface area contributed by atoms with Crippen LogP contribution in [0, 0.1) is 11.3 Å². The van der Waals surface area contributed by atoms with Gasteiger partial charge in [0.1, 0.15) is 0 Å². The van der Waals surface area contributed by atoms with E-state index in [9.17, 15) is 13.2 Å². The van der Waals surface area contributed by atoms with Crippen LogP contribution < -0.4 is 5.32 Å². The zero-order chi connectivity index (χ0) is 15.4. The lowest BCUT2D eigenvalue weighted by Gasteiger charge is -2.55. The first kappa shape index (κ1) is 15.2. The average molecular weight is 364 g/mol. The Morgan fingerprint density at radius 1 is 1.33 bits per heavy atom. The zero-order valence-corrected chi connectivity index (χ0v) is 13.4. The van der Waals surface area contributed by atoms with Crippen molar-refractivity contribution >= 4 is 21.6 Å². The van der Waals surface area contributed by atoms with E-state index >= 15 is 0 Å². The molecule has 1 aromatic rings. The molecule has 3 rings (SSSR count). The van der Waals surface area contributed by atoms with Crippen LogP contribution in [0.4, 0.5) is 18.9 Å². The Morgan fingerprint density at radius 2 is 2.05 bits per heavy atom. The number of nitrogens with one attached hydrogen (secondary N) is 1. The van der Waals surface area contributed by atoms with Gasteiger partial charge in [0.15, 0.2) is 0 Å². The lowest BCUT2D eigenvalue weighted by atomic mass is 9.57. The molecule has 1 saturated carbocycles. The maximum Gasteiger partial charge on any atom is 0.417 e. The number of rotatable bonds is 2. The molecule has 0 aromatic heterocycles. The van der Waals surface area contributed by atoms with Crippen LogP contribution >= 0.6 is 15.9 Å². The van der Waals surface area contributed by atoms with Gasteiger partial charge in [-0.05, 0) is 24.6 Å². The molecule has 1 aliphatic heterocycles. The Morgan fingerprint density at radius 3 is 2.71 bits per heavy atom. The molecular formula is C15H17BrF3NO. The highest BCUT2D eigenvalue weighted by molar-refractivity contribution is 9.10. The minimum atomic E-state index is -4.36. The standard InChI is InChI=1S/C15H17BrF3NO/c1-14(2)12(9-5-6-21-13(9)14)20-8-3-4-11(16)10(7-8)15(17,18)19/h3-4,7,9,12-13,20H,5-6H2,1-2H3. The number of fused-ring (bicyclic) bond motifs is 1. The first-order valence-electron chi connectivity index (χ1n) is 6.96. The third-order valence-corrected chi connectivity index (χ3v) is 5.39. The highest BCUT2D eigenvalue weighted by Crippen LogP contribution is 2.53. The van der Waals surface area contributed by atoms with Crippen molar-refractivity contribution < 1.29 is 17.9 Å². The molecule has 3 atom stereocenters.